The van der Waals surface area contributed by atoms with Crippen molar-refractivity contribution in [1.82, 2.24) is 4.90 Å². The van der Waals surface area contributed by atoms with Gasteiger partial charge in [0.25, 0.3) is 0 Å². The van der Waals surface area contributed by atoms with Gasteiger partial charge in [0.1, 0.15) is 18.1 Å². The molecule has 3 atom stereocenters. The SMILES string of the molecule is CC(C)C1C(=O)N(C(C)(C)O)C(C)C1c1ccc(OCc2ccccc2)c2ccccc12. The lowest BCUT2D eigenvalue weighted by molar-refractivity contribution is -0.154. The van der Waals surface area contributed by atoms with Crippen LogP contribution in [-0.2, 0) is 11.4 Å². The van der Waals surface area contributed by atoms with Crippen molar-refractivity contribution in [3.63, 3.8) is 0 Å². The van der Waals surface area contributed by atoms with E-state index < -0.39 is 5.72 Å². The fourth-order valence-corrected chi connectivity index (χ4v) is 5.34. The van der Waals surface area contributed by atoms with Crippen molar-refractivity contribution in [2.24, 2.45) is 11.8 Å². The molecule has 0 aromatic heterocycles. The van der Waals surface area contributed by atoms with E-state index in [1.807, 2.05) is 36.4 Å². The first-order valence-corrected chi connectivity index (χ1v) is 11.4. The van der Waals surface area contributed by atoms with Gasteiger partial charge in [-0.1, -0.05) is 74.5 Å². The van der Waals surface area contributed by atoms with Gasteiger partial charge in [0, 0.05) is 23.3 Å². The third kappa shape index (κ3) is 4.00. The highest BCUT2D eigenvalue weighted by Gasteiger charge is 2.52. The van der Waals surface area contributed by atoms with Gasteiger partial charge in [-0.2, -0.15) is 0 Å². The van der Waals surface area contributed by atoms with Crippen LogP contribution >= 0.6 is 0 Å². The summed E-state index contributed by atoms with van der Waals surface area (Å²) in [6, 6.07) is 22.4. The van der Waals surface area contributed by atoms with E-state index in [2.05, 4.69) is 51.1 Å². The summed E-state index contributed by atoms with van der Waals surface area (Å²) >= 11 is 0. The Morgan fingerprint density at radius 1 is 0.969 bits per heavy atom. The topological polar surface area (TPSA) is 49.8 Å². The molecule has 1 amide bonds. The number of likely N-dealkylation sites (tertiary alicyclic amines) is 1. The minimum Gasteiger partial charge on any atom is -0.488 e. The lowest BCUT2D eigenvalue weighted by atomic mass is 9.77. The summed E-state index contributed by atoms with van der Waals surface area (Å²) in [6.45, 7) is 10.1. The second-order valence-corrected chi connectivity index (χ2v) is 9.71. The van der Waals surface area contributed by atoms with Crippen molar-refractivity contribution in [3.8, 4) is 5.75 Å². The van der Waals surface area contributed by atoms with Crippen molar-refractivity contribution in [2.75, 3.05) is 0 Å². The largest absolute Gasteiger partial charge is 0.488 e. The van der Waals surface area contributed by atoms with Crippen molar-refractivity contribution in [2.45, 2.75) is 58.9 Å². The number of hydrogen-bond acceptors (Lipinski definition) is 3. The first-order chi connectivity index (χ1) is 15.2. The predicted octanol–water partition coefficient (Wildman–Crippen LogP) is 5.73. The van der Waals surface area contributed by atoms with E-state index in [-0.39, 0.29) is 29.7 Å². The molecule has 168 valence electrons. The zero-order valence-electron chi connectivity index (χ0n) is 19.6. The van der Waals surface area contributed by atoms with Gasteiger partial charge in [-0.05, 0) is 49.3 Å². The number of carbonyl (C=O) groups excluding carboxylic acids is 1. The Balaban J connectivity index is 1.76. The maximum absolute atomic E-state index is 13.4. The number of fused-ring (bicyclic) bond motifs is 1. The smallest absolute Gasteiger partial charge is 0.229 e. The van der Waals surface area contributed by atoms with Crippen LogP contribution in [0.2, 0.25) is 0 Å². The van der Waals surface area contributed by atoms with E-state index in [4.69, 9.17) is 4.74 Å². The maximum Gasteiger partial charge on any atom is 0.229 e. The zero-order valence-corrected chi connectivity index (χ0v) is 19.6. The molecule has 4 rings (SSSR count). The third-order valence-electron chi connectivity index (χ3n) is 6.66. The average molecular weight is 432 g/mol. The molecule has 4 nitrogen and oxygen atoms in total. The number of hydrogen-bond donors (Lipinski definition) is 1. The lowest BCUT2D eigenvalue weighted by Crippen LogP contribution is -2.49. The quantitative estimate of drug-likeness (QED) is 0.542. The van der Waals surface area contributed by atoms with Gasteiger partial charge in [-0.15, -0.1) is 0 Å². The molecule has 1 aliphatic heterocycles. The van der Waals surface area contributed by atoms with Gasteiger partial charge in [0.2, 0.25) is 5.91 Å². The molecule has 0 radical (unpaired) electrons. The molecule has 3 unspecified atom stereocenters. The highest BCUT2D eigenvalue weighted by molar-refractivity contribution is 5.93. The number of benzene rings is 3. The molecule has 1 N–H and O–H groups in total. The number of nitrogens with zero attached hydrogens (tertiary/aromatic N) is 1. The van der Waals surface area contributed by atoms with Crippen molar-refractivity contribution >= 4 is 16.7 Å². The molecule has 3 aromatic carbocycles. The first kappa shape index (κ1) is 22.3. The number of rotatable bonds is 6. The van der Waals surface area contributed by atoms with Crippen molar-refractivity contribution in [1.29, 1.82) is 0 Å². The summed E-state index contributed by atoms with van der Waals surface area (Å²) < 4.78 is 6.20. The highest BCUT2D eigenvalue weighted by atomic mass is 16.5. The van der Waals surface area contributed by atoms with E-state index in [0.29, 0.717) is 6.61 Å². The van der Waals surface area contributed by atoms with Gasteiger partial charge in [0.15, 0.2) is 0 Å². The molecule has 0 bridgehead atoms. The molecular formula is C28H33NO3. The Hall–Kier alpha value is -2.85. The Morgan fingerprint density at radius 3 is 2.22 bits per heavy atom. The summed E-state index contributed by atoms with van der Waals surface area (Å²) in [4.78, 5) is 15.1. The Kier molecular flexibility index (Phi) is 6.00. The van der Waals surface area contributed by atoms with E-state index in [0.717, 1.165) is 27.6 Å². The minimum absolute atomic E-state index is 0.0120. The van der Waals surface area contributed by atoms with Crippen LogP contribution < -0.4 is 4.74 Å². The molecule has 1 heterocycles. The monoisotopic (exact) mass is 431 g/mol. The Bertz CT molecular complexity index is 1100. The summed E-state index contributed by atoms with van der Waals surface area (Å²) in [5.74, 6) is 0.831. The number of amides is 1. The van der Waals surface area contributed by atoms with Gasteiger partial charge in [-0.25, -0.2) is 0 Å². The van der Waals surface area contributed by atoms with E-state index >= 15 is 0 Å². The predicted molar refractivity (Wildman–Crippen MR) is 128 cm³/mol. The number of ether oxygens (including phenoxy) is 1. The second-order valence-electron chi connectivity index (χ2n) is 9.71. The first-order valence-electron chi connectivity index (χ1n) is 11.4. The molecule has 32 heavy (non-hydrogen) atoms. The highest BCUT2D eigenvalue weighted by Crippen LogP contribution is 2.47. The van der Waals surface area contributed by atoms with Crippen LogP contribution in [-0.4, -0.2) is 27.7 Å². The minimum atomic E-state index is -1.20. The van der Waals surface area contributed by atoms with Crippen molar-refractivity contribution < 1.29 is 14.6 Å². The molecule has 1 aliphatic rings. The third-order valence-corrected chi connectivity index (χ3v) is 6.66. The van der Waals surface area contributed by atoms with E-state index in [1.165, 1.54) is 0 Å². The summed E-state index contributed by atoms with van der Waals surface area (Å²) in [7, 11) is 0. The van der Waals surface area contributed by atoms with Gasteiger partial charge >= 0.3 is 0 Å². The summed E-state index contributed by atoms with van der Waals surface area (Å²) in [6.07, 6.45) is 0. The molecule has 3 aromatic rings. The fourth-order valence-electron chi connectivity index (χ4n) is 5.34. The molecule has 0 saturated carbocycles. The molecular weight excluding hydrogens is 398 g/mol. The molecule has 0 spiro atoms. The van der Waals surface area contributed by atoms with Crippen LogP contribution in [0.3, 0.4) is 0 Å². The van der Waals surface area contributed by atoms with Crippen LogP contribution in [0.4, 0.5) is 0 Å². The van der Waals surface area contributed by atoms with Crippen LogP contribution in [0.15, 0.2) is 66.7 Å². The normalized spacial score (nSPS) is 21.5. The number of carbonyl (C=O) groups is 1. The maximum atomic E-state index is 13.4. The van der Waals surface area contributed by atoms with Gasteiger partial charge < -0.3 is 14.7 Å². The van der Waals surface area contributed by atoms with Crippen LogP contribution in [0.1, 0.15) is 51.7 Å². The number of aliphatic hydroxyl groups is 1. The molecule has 0 aliphatic carbocycles. The van der Waals surface area contributed by atoms with E-state index in [1.54, 1.807) is 18.7 Å². The molecule has 4 heteroatoms. The summed E-state index contributed by atoms with van der Waals surface area (Å²) in [5.41, 5.74) is 1.06. The van der Waals surface area contributed by atoms with Gasteiger partial charge in [-0.3, -0.25) is 4.79 Å². The van der Waals surface area contributed by atoms with Crippen molar-refractivity contribution in [3.05, 3.63) is 77.9 Å². The second kappa shape index (κ2) is 8.59. The zero-order chi connectivity index (χ0) is 23.0. The Labute approximate surface area is 190 Å². The fraction of sp³-hybridized carbons (Fsp3) is 0.393. The van der Waals surface area contributed by atoms with Crippen LogP contribution in [0.25, 0.3) is 10.8 Å². The Morgan fingerprint density at radius 2 is 1.59 bits per heavy atom. The standard InChI is InChI=1S/C28H33NO3/c1-18(2)25-26(19(3)29(27(25)30)28(4,5)31)23-15-16-24(22-14-10-9-13-21(22)23)32-17-20-11-7-6-8-12-20/h6-16,18-19,25-26,31H,17H2,1-5H3. The van der Waals surface area contributed by atoms with E-state index in [9.17, 15) is 9.90 Å². The molecule has 1 saturated heterocycles. The molecule has 1 fully saturated rings. The van der Waals surface area contributed by atoms with Crippen LogP contribution in [0.5, 0.6) is 5.75 Å². The van der Waals surface area contributed by atoms with Crippen LogP contribution in [0, 0.1) is 11.8 Å². The average Bonchev–Trinajstić information content (AvgIpc) is 3.03. The van der Waals surface area contributed by atoms with Gasteiger partial charge in [0.05, 0.1) is 0 Å². The lowest BCUT2D eigenvalue weighted by Gasteiger charge is -2.35. The summed E-state index contributed by atoms with van der Waals surface area (Å²) in [5, 5.41) is 12.9.